The summed E-state index contributed by atoms with van der Waals surface area (Å²) in [6, 6.07) is 10.1. The van der Waals surface area contributed by atoms with E-state index in [0.717, 1.165) is 18.4 Å². The van der Waals surface area contributed by atoms with E-state index in [1.54, 1.807) is 4.90 Å². The molecule has 0 unspecified atom stereocenters. The minimum atomic E-state index is -0.499. The lowest BCUT2D eigenvalue weighted by Gasteiger charge is -2.38. The van der Waals surface area contributed by atoms with Crippen LogP contribution in [0.25, 0.3) is 0 Å². The highest BCUT2D eigenvalue weighted by Gasteiger charge is 2.33. The Labute approximate surface area is 139 Å². The second kappa shape index (κ2) is 7.64. The average Bonchev–Trinajstić information content (AvgIpc) is 2.52. The summed E-state index contributed by atoms with van der Waals surface area (Å²) in [6.07, 6.45) is 3.32. The first-order chi connectivity index (χ1) is 10.9. The molecule has 4 nitrogen and oxygen atoms in total. The Bertz CT molecular complexity index is 521. The van der Waals surface area contributed by atoms with Crippen molar-refractivity contribution < 1.29 is 14.3 Å². The third-order valence-electron chi connectivity index (χ3n) is 3.81. The Morgan fingerprint density at radius 3 is 2.61 bits per heavy atom. The summed E-state index contributed by atoms with van der Waals surface area (Å²) in [5, 5.41) is 0. The first kappa shape index (κ1) is 17.5. The first-order valence-corrected chi connectivity index (χ1v) is 8.17. The highest BCUT2D eigenvalue weighted by Crippen LogP contribution is 2.23. The first-order valence-electron chi connectivity index (χ1n) is 8.17. The van der Waals surface area contributed by atoms with E-state index in [0.29, 0.717) is 13.2 Å². The molecule has 4 heteroatoms. The van der Waals surface area contributed by atoms with Crippen molar-refractivity contribution in [2.75, 3.05) is 6.54 Å². The van der Waals surface area contributed by atoms with E-state index in [4.69, 9.17) is 9.47 Å². The summed E-state index contributed by atoms with van der Waals surface area (Å²) in [6.45, 7) is 10.6. The Hall–Kier alpha value is -1.81. The van der Waals surface area contributed by atoms with Gasteiger partial charge in [-0.2, -0.15) is 0 Å². The number of benzene rings is 1. The van der Waals surface area contributed by atoms with Gasteiger partial charge in [0.2, 0.25) is 0 Å². The van der Waals surface area contributed by atoms with Crippen LogP contribution in [0.4, 0.5) is 4.79 Å². The van der Waals surface area contributed by atoms with E-state index in [-0.39, 0.29) is 18.2 Å². The fraction of sp³-hybridized carbons (Fsp3) is 0.526. The Morgan fingerprint density at radius 1 is 1.30 bits per heavy atom. The van der Waals surface area contributed by atoms with Gasteiger partial charge in [-0.05, 0) is 39.2 Å². The average molecular weight is 317 g/mol. The Kier molecular flexibility index (Phi) is 5.83. The zero-order chi connectivity index (χ0) is 16.9. The van der Waals surface area contributed by atoms with Gasteiger partial charge in [-0.15, -0.1) is 6.58 Å². The summed E-state index contributed by atoms with van der Waals surface area (Å²) in [5.41, 5.74) is 0.642. The summed E-state index contributed by atoms with van der Waals surface area (Å²) in [4.78, 5) is 14.1. The van der Waals surface area contributed by atoms with Crippen LogP contribution in [0.15, 0.2) is 43.0 Å². The molecule has 0 spiro atoms. The molecule has 2 atom stereocenters. The van der Waals surface area contributed by atoms with Crippen LogP contribution in [-0.2, 0) is 16.1 Å². The van der Waals surface area contributed by atoms with Crippen molar-refractivity contribution >= 4 is 6.09 Å². The SMILES string of the molecule is C=C[C@H]1CC[C@H](OCc2ccccc2)CN1C(=O)OC(C)(C)C. The number of nitrogens with zero attached hydrogens (tertiary/aromatic N) is 1. The van der Waals surface area contributed by atoms with Gasteiger partial charge in [-0.3, -0.25) is 4.90 Å². The molecule has 1 aromatic carbocycles. The van der Waals surface area contributed by atoms with Crippen LogP contribution in [0, 0.1) is 0 Å². The van der Waals surface area contributed by atoms with Gasteiger partial charge in [0.15, 0.2) is 0 Å². The molecular weight excluding hydrogens is 290 g/mol. The van der Waals surface area contributed by atoms with Gasteiger partial charge in [0.25, 0.3) is 0 Å². The molecule has 126 valence electrons. The van der Waals surface area contributed by atoms with Crippen molar-refractivity contribution in [2.45, 2.75) is 58.0 Å². The van der Waals surface area contributed by atoms with Crippen LogP contribution in [-0.4, -0.2) is 35.3 Å². The highest BCUT2D eigenvalue weighted by molar-refractivity contribution is 5.69. The van der Waals surface area contributed by atoms with Crippen molar-refractivity contribution in [1.82, 2.24) is 4.90 Å². The van der Waals surface area contributed by atoms with Gasteiger partial charge in [0.05, 0.1) is 25.3 Å². The van der Waals surface area contributed by atoms with Crippen molar-refractivity contribution in [1.29, 1.82) is 0 Å². The molecule has 1 aromatic rings. The lowest BCUT2D eigenvalue weighted by atomic mass is 10.0. The van der Waals surface area contributed by atoms with Crippen molar-refractivity contribution in [2.24, 2.45) is 0 Å². The van der Waals surface area contributed by atoms with Crippen LogP contribution in [0.3, 0.4) is 0 Å². The standard InChI is InChI=1S/C19H27NO3/c1-5-16-11-12-17(22-14-15-9-7-6-8-10-15)13-20(16)18(21)23-19(2,3)4/h5-10,16-17H,1,11-14H2,2-4H3/t16-,17-/m0/s1. The zero-order valence-electron chi connectivity index (χ0n) is 14.3. The Morgan fingerprint density at radius 2 is 2.00 bits per heavy atom. The van der Waals surface area contributed by atoms with E-state index < -0.39 is 5.60 Å². The van der Waals surface area contributed by atoms with Crippen molar-refractivity contribution in [3.8, 4) is 0 Å². The van der Waals surface area contributed by atoms with Gasteiger partial charge in [0.1, 0.15) is 5.60 Å². The van der Waals surface area contributed by atoms with Crippen LogP contribution in [0.1, 0.15) is 39.2 Å². The number of hydrogen-bond acceptors (Lipinski definition) is 3. The van der Waals surface area contributed by atoms with Crippen molar-refractivity contribution in [3.05, 3.63) is 48.6 Å². The number of rotatable bonds is 4. The minimum Gasteiger partial charge on any atom is -0.444 e. The molecule has 1 fully saturated rings. The van der Waals surface area contributed by atoms with Crippen molar-refractivity contribution in [3.63, 3.8) is 0 Å². The summed E-state index contributed by atoms with van der Waals surface area (Å²) in [7, 11) is 0. The van der Waals surface area contributed by atoms with E-state index >= 15 is 0 Å². The number of ether oxygens (including phenoxy) is 2. The second-order valence-electron chi connectivity index (χ2n) is 6.93. The van der Waals surface area contributed by atoms with Gasteiger partial charge >= 0.3 is 6.09 Å². The van der Waals surface area contributed by atoms with Gasteiger partial charge in [0, 0.05) is 0 Å². The van der Waals surface area contributed by atoms with Gasteiger partial charge in [-0.1, -0.05) is 36.4 Å². The van der Waals surface area contributed by atoms with Crippen LogP contribution < -0.4 is 0 Å². The molecule has 2 rings (SSSR count). The van der Waals surface area contributed by atoms with Crippen LogP contribution in [0.2, 0.25) is 0 Å². The highest BCUT2D eigenvalue weighted by atomic mass is 16.6. The molecule has 1 saturated heterocycles. The smallest absolute Gasteiger partial charge is 0.410 e. The predicted octanol–water partition coefficient (Wildman–Crippen LogP) is 4.16. The maximum atomic E-state index is 12.4. The van der Waals surface area contributed by atoms with E-state index in [1.807, 2.05) is 57.2 Å². The number of carbonyl (C=O) groups is 1. The summed E-state index contributed by atoms with van der Waals surface area (Å²) < 4.78 is 11.5. The topological polar surface area (TPSA) is 38.8 Å². The number of piperidine rings is 1. The second-order valence-corrected chi connectivity index (χ2v) is 6.93. The third-order valence-corrected chi connectivity index (χ3v) is 3.81. The molecule has 1 amide bonds. The lowest BCUT2D eigenvalue weighted by molar-refractivity contribution is -0.0353. The van der Waals surface area contributed by atoms with E-state index in [2.05, 4.69) is 6.58 Å². The number of amides is 1. The fourth-order valence-electron chi connectivity index (χ4n) is 2.66. The summed E-state index contributed by atoms with van der Waals surface area (Å²) >= 11 is 0. The monoisotopic (exact) mass is 317 g/mol. The van der Waals surface area contributed by atoms with Crippen LogP contribution >= 0.6 is 0 Å². The molecule has 0 aliphatic carbocycles. The fourth-order valence-corrected chi connectivity index (χ4v) is 2.66. The molecule has 0 bridgehead atoms. The number of hydrogen-bond donors (Lipinski definition) is 0. The quantitative estimate of drug-likeness (QED) is 0.783. The molecule has 0 aromatic heterocycles. The predicted molar refractivity (Wildman–Crippen MR) is 91.2 cm³/mol. The minimum absolute atomic E-state index is 0.0152. The van der Waals surface area contributed by atoms with E-state index in [9.17, 15) is 4.79 Å². The van der Waals surface area contributed by atoms with Gasteiger partial charge in [-0.25, -0.2) is 4.79 Å². The maximum absolute atomic E-state index is 12.4. The number of carbonyl (C=O) groups excluding carboxylic acids is 1. The molecule has 1 heterocycles. The molecule has 0 N–H and O–H groups in total. The molecule has 0 radical (unpaired) electrons. The largest absolute Gasteiger partial charge is 0.444 e. The molecular formula is C19H27NO3. The molecule has 1 aliphatic heterocycles. The normalized spacial score (nSPS) is 21.8. The molecule has 23 heavy (non-hydrogen) atoms. The Balaban J connectivity index is 1.94. The summed E-state index contributed by atoms with van der Waals surface area (Å²) in [5.74, 6) is 0. The number of likely N-dealkylation sites (tertiary alicyclic amines) is 1. The third kappa shape index (κ3) is 5.39. The lowest BCUT2D eigenvalue weighted by Crippen LogP contribution is -2.50. The van der Waals surface area contributed by atoms with E-state index in [1.165, 1.54) is 0 Å². The zero-order valence-corrected chi connectivity index (χ0v) is 14.3. The molecule has 0 saturated carbocycles. The maximum Gasteiger partial charge on any atom is 0.410 e. The van der Waals surface area contributed by atoms with Crippen LogP contribution in [0.5, 0.6) is 0 Å². The van der Waals surface area contributed by atoms with Gasteiger partial charge < -0.3 is 9.47 Å². The molecule has 1 aliphatic rings.